The number of hydrogen-bond acceptors (Lipinski definition) is 6. The van der Waals surface area contributed by atoms with Gasteiger partial charge in [-0.25, -0.2) is 0 Å². The molecule has 3 rings (SSSR count). The van der Waals surface area contributed by atoms with Gasteiger partial charge in [0.2, 0.25) is 5.91 Å². The smallest absolute Gasteiger partial charge is 0.325 e. The highest BCUT2D eigenvalue weighted by atomic mass is 16.6. The van der Waals surface area contributed by atoms with E-state index >= 15 is 0 Å². The summed E-state index contributed by atoms with van der Waals surface area (Å²) < 4.78 is 16.1. The van der Waals surface area contributed by atoms with Gasteiger partial charge in [0.15, 0.2) is 0 Å². The Kier molecular flexibility index (Phi) is 8.48. The molecule has 1 aliphatic heterocycles. The second kappa shape index (κ2) is 11.7. The zero-order valence-corrected chi connectivity index (χ0v) is 18.2. The molecule has 2 aromatic carbocycles. The lowest BCUT2D eigenvalue weighted by Gasteiger charge is -2.15. The van der Waals surface area contributed by atoms with Crippen molar-refractivity contribution < 1.29 is 28.6 Å². The summed E-state index contributed by atoms with van der Waals surface area (Å²) in [5.41, 5.74) is 1.18. The Labute approximate surface area is 187 Å². The van der Waals surface area contributed by atoms with Crippen LogP contribution in [0.2, 0.25) is 0 Å². The zero-order chi connectivity index (χ0) is 22.8. The molecule has 2 amide bonds. The number of carbonyl (C=O) groups excluding carboxylic acids is 3. The van der Waals surface area contributed by atoms with Crippen LogP contribution in [0, 0.1) is 0 Å². The summed E-state index contributed by atoms with van der Waals surface area (Å²) in [5.74, 6) is 0.581. The zero-order valence-electron chi connectivity index (χ0n) is 18.2. The van der Waals surface area contributed by atoms with E-state index in [1.54, 1.807) is 41.3 Å². The Balaban J connectivity index is 1.33. The van der Waals surface area contributed by atoms with Gasteiger partial charge in [0.1, 0.15) is 31.3 Å². The first-order chi connectivity index (χ1) is 15.6. The van der Waals surface area contributed by atoms with Crippen LogP contribution >= 0.6 is 0 Å². The van der Waals surface area contributed by atoms with Gasteiger partial charge in [0, 0.05) is 24.2 Å². The predicted molar refractivity (Wildman–Crippen MR) is 119 cm³/mol. The van der Waals surface area contributed by atoms with Gasteiger partial charge in [-0.15, -0.1) is 0 Å². The van der Waals surface area contributed by atoms with Crippen molar-refractivity contribution in [3.63, 3.8) is 0 Å². The molecule has 1 heterocycles. The van der Waals surface area contributed by atoms with Crippen LogP contribution in [0.1, 0.15) is 36.5 Å². The number of amides is 2. The van der Waals surface area contributed by atoms with Crippen LogP contribution in [0.15, 0.2) is 48.5 Å². The molecule has 170 valence electrons. The van der Waals surface area contributed by atoms with E-state index in [-0.39, 0.29) is 31.6 Å². The maximum absolute atomic E-state index is 12.2. The molecule has 0 aromatic heterocycles. The quantitative estimate of drug-likeness (QED) is 0.427. The highest BCUT2D eigenvalue weighted by Gasteiger charge is 2.21. The highest BCUT2D eigenvalue weighted by molar-refractivity contribution is 5.98. The van der Waals surface area contributed by atoms with Crippen molar-refractivity contribution in [2.75, 3.05) is 37.8 Å². The third kappa shape index (κ3) is 6.73. The number of anilines is 1. The molecule has 1 saturated heterocycles. The third-order valence-corrected chi connectivity index (χ3v) is 4.82. The maximum atomic E-state index is 12.2. The molecular formula is C24H28N2O6. The van der Waals surface area contributed by atoms with Crippen molar-refractivity contribution in [1.29, 1.82) is 0 Å². The average Bonchev–Trinajstić information content (AvgIpc) is 3.25. The largest absolute Gasteiger partial charge is 0.494 e. The molecule has 0 saturated carbocycles. The molecule has 8 nitrogen and oxygen atoms in total. The molecule has 8 heteroatoms. The summed E-state index contributed by atoms with van der Waals surface area (Å²) in [6, 6.07) is 14.0. The number of ether oxygens (including phenoxy) is 3. The van der Waals surface area contributed by atoms with Crippen LogP contribution in [0.25, 0.3) is 0 Å². The average molecular weight is 440 g/mol. The number of nitrogens with one attached hydrogen (secondary N) is 1. The van der Waals surface area contributed by atoms with Crippen molar-refractivity contribution in [3.8, 4) is 11.5 Å². The highest BCUT2D eigenvalue weighted by Crippen LogP contribution is 2.21. The van der Waals surface area contributed by atoms with Gasteiger partial charge in [-0.2, -0.15) is 0 Å². The lowest BCUT2D eigenvalue weighted by molar-refractivity contribution is -0.143. The SMILES string of the molecule is CCCOc1ccc(OCCOC(=O)CNC(=O)c2ccc(N3CCCC3=O)cc2)cc1. The topological polar surface area (TPSA) is 94.2 Å². The number of hydrogen-bond donors (Lipinski definition) is 1. The fraction of sp³-hybridized carbons (Fsp3) is 0.375. The second-order valence-corrected chi connectivity index (χ2v) is 7.27. The van der Waals surface area contributed by atoms with Gasteiger partial charge in [-0.3, -0.25) is 14.4 Å². The summed E-state index contributed by atoms with van der Waals surface area (Å²) in [4.78, 5) is 37.6. The molecule has 0 aliphatic carbocycles. The Morgan fingerprint density at radius 2 is 1.59 bits per heavy atom. The second-order valence-electron chi connectivity index (χ2n) is 7.27. The predicted octanol–water partition coefficient (Wildman–Crippen LogP) is 2.95. The minimum Gasteiger partial charge on any atom is -0.494 e. The Hall–Kier alpha value is -3.55. The van der Waals surface area contributed by atoms with Crippen molar-refractivity contribution in [2.24, 2.45) is 0 Å². The van der Waals surface area contributed by atoms with E-state index < -0.39 is 5.97 Å². The van der Waals surface area contributed by atoms with E-state index in [0.29, 0.717) is 30.9 Å². The number of benzene rings is 2. The number of nitrogens with zero attached hydrogens (tertiary/aromatic N) is 1. The molecule has 0 bridgehead atoms. The van der Waals surface area contributed by atoms with E-state index in [9.17, 15) is 14.4 Å². The fourth-order valence-corrected chi connectivity index (χ4v) is 3.19. The van der Waals surface area contributed by atoms with Gasteiger partial charge in [-0.05, 0) is 61.4 Å². The Morgan fingerprint density at radius 1 is 0.938 bits per heavy atom. The van der Waals surface area contributed by atoms with Crippen molar-refractivity contribution in [2.45, 2.75) is 26.2 Å². The molecule has 0 spiro atoms. The van der Waals surface area contributed by atoms with Gasteiger partial charge in [0.25, 0.3) is 5.91 Å². The first-order valence-electron chi connectivity index (χ1n) is 10.8. The van der Waals surface area contributed by atoms with Crippen LogP contribution in [0.5, 0.6) is 11.5 Å². The Bertz CT molecular complexity index is 911. The van der Waals surface area contributed by atoms with Gasteiger partial charge < -0.3 is 24.4 Å². The summed E-state index contributed by atoms with van der Waals surface area (Å²) in [5, 5.41) is 2.53. The van der Waals surface area contributed by atoms with Crippen LogP contribution < -0.4 is 19.7 Å². The van der Waals surface area contributed by atoms with Crippen LogP contribution in [-0.2, 0) is 14.3 Å². The minimum atomic E-state index is -0.551. The van der Waals surface area contributed by atoms with Gasteiger partial charge >= 0.3 is 5.97 Å². The Morgan fingerprint density at radius 3 is 2.19 bits per heavy atom. The van der Waals surface area contributed by atoms with Crippen molar-refractivity contribution in [1.82, 2.24) is 5.32 Å². The number of esters is 1. The molecule has 1 fully saturated rings. The van der Waals surface area contributed by atoms with E-state index in [1.165, 1.54) is 0 Å². The summed E-state index contributed by atoms with van der Waals surface area (Å²) in [7, 11) is 0. The molecule has 0 radical (unpaired) electrons. The standard InChI is InChI=1S/C24H28N2O6/c1-2-14-30-20-9-11-21(12-10-20)31-15-16-32-23(28)17-25-24(29)18-5-7-19(8-6-18)26-13-3-4-22(26)27/h5-12H,2-4,13-17H2,1H3,(H,25,29). The summed E-state index contributed by atoms with van der Waals surface area (Å²) in [6.45, 7) is 3.43. The van der Waals surface area contributed by atoms with Gasteiger partial charge in [-0.1, -0.05) is 6.92 Å². The van der Waals surface area contributed by atoms with Crippen LogP contribution in [0.3, 0.4) is 0 Å². The molecule has 1 aliphatic rings. The van der Waals surface area contributed by atoms with Crippen molar-refractivity contribution in [3.05, 3.63) is 54.1 Å². The van der Waals surface area contributed by atoms with Gasteiger partial charge in [0.05, 0.1) is 6.61 Å². The lowest BCUT2D eigenvalue weighted by Crippen LogP contribution is -2.31. The summed E-state index contributed by atoms with van der Waals surface area (Å²) >= 11 is 0. The van der Waals surface area contributed by atoms with E-state index in [0.717, 1.165) is 24.3 Å². The number of rotatable bonds is 11. The van der Waals surface area contributed by atoms with Crippen molar-refractivity contribution >= 4 is 23.5 Å². The molecule has 1 N–H and O–H groups in total. The first-order valence-corrected chi connectivity index (χ1v) is 10.8. The van der Waals surface area contributed by atoms with E-state index in [2.05, 4.69) is 5.32 Å². The van der Waals surface area contributed by atoms with E-state index in [1.807, 2.05) is 19.1 Å². The van der Waals surface area contributed by atoms with E-state index in [4.69, 9.17) is 14.2 Å². The molecule has 0 atom stereocenters. The lowest BCUT2D eigenvalue weighted by atomic mass is 10.2. The molecular weight excluding hydrogens is 412 g/mol. The molecule has 32 heavy (non-hydrogen) atoms. The molecule has 0 unspecified atom stereocenters. The normalized spacial score (nSPS) is 13.0. The van der Waals surface area contributed by atoms with Crippen LogP contribution in [-0.4, -0.2) is 50.7 Å². The number of carbonyl (C=O) groups is 3. The summed E-state index contributed by atoms with van der Waals surface area (Å²) in [6.07, 6.45) is 2.33. The maximum Gasteiger partial charge on any atom is 0.325 e. The monoisotopic (exact) mass is 440 g/mol. The third-order valence-electron chi connectivity index (χ3n) is 4.82. The fourth-order valence-electron chi connectivity index (χ4n) is 3.19. The molecule has 2 aromatic rings. The first kappa shape index (κ1) is 23.1. The van der Waals surface area contributed by atoms with Crippen LogP contribution in [0.4, 0.5) is 5.69 Å². The minimum absolute atomic E-state index is 0.0708.